The Balaban J connectivity index is -0.0000000114. The van der Waals surface area contributed by atoms with Crippen LogP contribution in [0.1, 0.15) is 68.6 Å². The summed E-state index contributed by atoms with van der Waals surface area (Å²) in [6.07, 6.45) is 5.56. The molecule has 0 heterocycles. The smallest absolute Gasteiger partial charge is 0.358 e. The molecule has 0 atom stereocenters. The molecule has 0 aromatic heterocycles. The van der Waals surface area contributed by atoms with Gasteiger partial charge in [0.05, 0.1) is 0 Å². The molecule has 0 nitrogen and oxygen atoms in total. The Morgan fingerprint density at radius 1 is 0.882 bits per heavy atom. The summed E-state index contributed by atoms with van der Waals surface area (Å²) in [5.74, 6) is 0. The van der Waals surface area contributed by atoms with Crippen LogP contribution >= 0.6 is 0 Å². The number of hydrogen-bond donors (Lipinski definition) is 0. The summed E-state index contributed by atoms with van der Waals surface area (Å²) in [4.78, 5) is 0. The Hall–Kier alpha value is 2.21. The molecular formula is C15H37Y2-2. The first-order valence-electron chi connectivity index (χ1n) is 6.04. The van der Waals surface area contributed by atoms with E-state index < -0.39 is 0 Å². The quantitative estimate of drug-likeness (QED) is 0.474. The maximum atomic E-state index is 5.50. The second kappa shape index (κ2) is 104. The molecule has 0 bridgehead atoms. The fourth-order valence-electron chi connectivity index (χ4n) is 0. The Bertz CT molecular complexity index is 29.7. The van der Waals surface area contributed by atoms with Crippen molar-refractivity contribution in [2.45, 2.75) is 67.2 Å². The van der Waals surface area contributed by atoms with Crippen molar-refractivity contribution in [1.82, 2.24) is 0 Å². The number of rotatable bonds is 2. The van der Waals surface area contributed by atoms with Crippen LogP contribution in [-0.2, 0) is 65.4 Å². The molecule has 0 aliphatic rings. The van der Waals surface area contributed by atoms with Crippen LogP contribution in [0.25, 0.3) is 0 Å². The van der Waals surface area contributed by atoms with Crippen LogP contribution in [0, 0.1) is 35.1 Å². The van der Waals surface area contributed by atoms with Crippen LogP contribution in [0.4, 0.5) is 0 Å². The Kier molecular flexibility index (Phi) is 261. The van der Waals surface area contributed by atoms with Crippen molar-refractivity contribution >= 4 is 0 Å². The SMILES string of the molecule is C.[3H][CH2-].[CH2-]C.[CH2-]CC.[CH2-]CCC.[CH2-]CCC.[Y+3].[Y]. The fourth-order valence-corrected chi connectivity index (χ4v) is 0. The Morgan fingerprint density at radius 3 is 0.941 bits per heavy atom. The standard InChI is InChI=1S/2C4H9.C3H7.C2H5.CH4.CH3.2Y/c2*1-3-4-2;1-3-2;1-2;;;;/h2*1,3-4H2,2H3;1,3H2,2H3;1H2,2H3;1H4;1H3;;/q4*-1;;-1;;+3/i;;;;;1T;;. The van der Waals surface area contributed by atoms with Gasteiger partial charge in [0.2, 0.25) is 0 Å². The Morgan fingerprint density at radius 2 is 0.941 bits per heavy atom. The molecule has 2 heteroatoms. The van der Waals surface area contributed by atoms with Gasteiger partial charge in [-0.05, 0) is 0 Å². The zero-order chi connectivity index (χ0) is 13.5. The van der Waals surface area contributed by atoms with E-state index in [1.165, 1.54) is 12.8 Å². The van der Waals surface area contributed by atoms with Gasteiger partial charge in [-0.3, -0.25) is 0 Å². The number of unbranched alkanes of at least 4 members (excludes halogenated alkanes) is 2. The second-order valence-electron chi connectivity index (χ2n) is 2.21. The molecule has 0 N–H and O–H groups in total. The first kappa shape index (κ1) is 42.7. The van der Waals surface area contributed by atoms with Crippen LogP contribution in [0.2, 0.25) is 0 Å². The largest absolute Gasteiger partial charge is 3.00 e. The van der Waals surface area contributed by atoms with Crippen LogP contribution in [0.5, 0.6) is 0 Å². The van der Waals surface area contributed by atoms with Gasteiger partial charge in [-0.1, -0.05) is 41.0 Å². The predicted octanol–water partition coefficient (Wildman–Crippen LogP) is 6.39. The van der Waals surface area contributed by atoms with Gasteiger partial charge >= 0.3 is 32.7 Å². The summed E-state index contributed by atoms with van der Waals surface area (Å²) in [6.45, 7) is 21.9. The second-order valence-corrected chi connectivity index (χ2v) is 2.21. The third-order valence-electron chi connectivity index (χ3n) is 0.707. The van der Waals surface area contributed by atoms with Gasteiger partial charge in [0.25, 0.3) is 0 Å². The monoisotopic (exact) mass is 397 g/mol. The molecular weight excluding hydrogens is 358 g/mol. The summed E-state index contributed by atoms with van der Waals surface area (Å²) < 4.78 is 5.50. The van der Waals surface area contributed by atoms with Gasteiger partial charge in [-0.25, -0.2) is 1.37 Å². The van der Waals surface area contributed by atoms with Gasteiger partial charge in [-0.2, -0.15) is 26.2 Å². The minimum atomic E-state index is 0. The van der Waals surface area contributed by atoms with E-state index in [9.17, 15) is 0 Å². The molecule has 17 heavy (non-hydrogen) atoms. The third kappa shape index (κ3) is 270. The molecule has 0 aliphatic heterocycles. The molecule has 0 aromatic rings. The van der Waals surface area contributed by atoms with Crippen molar-refractivity contribution in [2.75, 3.05) is 0 Å². The summed E-state index contributed by atoms with van der Waals surface area (Å²) >= 11 is 0. The van der Waals surface area contributed by atoms with Crippen molar-refractivity contribution in [1.29, 1.82) is 0 Å². The maximum Gasteiger partial charge on any atom is 3.00 e. The van der Waals surface area contributed by atoms with Crippen molar-refractivity contribution in [3.63, 3.8) is 0 Å². The average Bonchev–Trinajstić information content (AvgIpc) is 2.35. The maximum absolute atomic E-state index is 5.50. The minimum Gasteiger partial charge on any atom is -0.358 e. The van der Waals surface area contributed by atoms with Gasteiger partial charge in [0.15, 0.2) is 0 Å². The molecule has 0 fully saturated rings. The van der Waals surface area contributed by atoms with Crippen molar-refractivity contribution < 1.29 is 66.8 Å². The molecule has 0 saturated heterocycles. The van der Waals surface area contributed by atoms with Gasteiger partial charge in [0, 0.05) is 32.7 Å². The van der Waals surface area contributed by atoms with Crippen LogP contribution in [0.15, 0.2) is 0 Å². The zero-order valence-electron chi connectivity index (χ0n) is 13.2. The van der Waals surface area contributed by atoms with E-state index in [4.69, 9.17) is 1.37 Å². The van der Waals surface area contributed by atoms with Gasteiger partial charge in [-0.15, -0.1) is 0 Å². The molecule has 0 aromatic carbocycles. The minimum absolute atomic E-state index is 0. The molecule has 105 valence electrons. The van der Waals surface area contributed by atoms with Crippen molar-refractivity contribution in [2.24, 2.45) is 0 Å². The summed E-state index contributed by atoms with van der Waals surface area (Å²) in [7, 11) is 2.50. The van der Waals surface area contributed by atoms with E-state index in [1.807, 2.05) is 6.92 Å². The summed E-state index contributed by atoms with van der Waals surface area (Å²) in [6, 6.07) is 0. The zero-order valence-corrected chi connectivity index (χ0v) is 17.9. The van der Waals surface area contributed by atoms with E-state index in [0.717, 1.165) is 19.3 Å². The first-order chi connectivity index (χ1) is 7.24. The van der Waals surface area contributed by atoms with Crippen LogP contribution < -0.4 is 0 Å². The van der Waals surface area contributed by atoms with E-state index in [0.29, 0.717) is 0 Å². The van der Waals surface area contributed by atoms with Gasteiger partial charge < -0.3 is 35.1 Å². The van der Waals surface area contributed by atoms with Crippen molar-refractivity contribution in [3.8, 4) is 0 Å². The Labute approximate surface area is 167 Å². The first-order valence-corrected chi connectivity index (χ1v) is 5.33. The fraction of sp³-hybridized carbons (Fsp3) is 0.667. The van der Waals surface area contributed by atoms with Crippen LogP contribution in [0.3, 0.4) is 0 Å². The van der Waals surface area contributed by atoms with E-state index in [2.05, 4.69) is 48.9 Å². The molecule has 0 amide bonds. The molecule has 1 radical (unpaired) electrons. The van der Waals surface area contributed by atoms with Crippen LogP contribution in [-0.4, -0.2) is 0 Å². The molecule has 0 unspecified atom stereocenters. The van der Waals surface area contributed by atoms with Gasteiger partial charge in [0.1, 0.15) is 0 Å². The third-order valence-corrected chi connectivity index (χ3v) is 0.707. The molecule has 0 spiro atoms. The van der Waals surface area contributed by atoms with E-state index in [-0.39, 0.29) is 72.8 Å². The average molecular weight is 397 g/mol. The summed E-state index contributed by atoms with van der Waals surface area (Å²) in [5.41, 5.74) is 0. The molecule has 0 rings (SSSR count). The van der Waals surface area contributed by atoms with Crippen molar-refractivity contribution in [3.05, 3.63) is 35.1 Å². The topological polar surface area (TPSA) is 0 Å². The van der Waals surface area contributed by atoms with E-state index >= 15 is 0 Å². The molecule has 0 saturated carbocycles. The predicted molar refractivity (Wildman–Crippen MR) is 80.4 cm³/mol. The normalized spacial score (nSPS) is 5.35. The summed E-state index contributed by atoms with van der Waals surface area (Å²) in [5, 5.41) is 0. The van der Waals surface area contributed by atoms with E-state index in [1.54, 1.807) is 6.92 Å². The molecule has 0 aliphatic carbocycles. The number of hydrogen-bond acceptors (Lipinski definition) is 0.